The SMILES string of the molecule is CC1CCCCC1(N)Cc1ccccc1Cl. The molecule has 0 saturated heterocycles. The lowest BCUT2D eigenvalue weighted by Gasteiger charge is -2.40. The minimum absolute atomic E-state index is 0.0523. The first kappa shape index (κ1) is 11.9. The van der Waals surface area contributed by atoms with Gasteiger partial charge < -0.3 is 5.73 Å². The molecule has 0 spiro atoms. The van der Waals surface area contributed by atoms with Gasteiger partial charge in [-0.1, -0.05) is 49.6 Å². The van der Waals surface area contributed by atoms with Gasteiger partial charge >= 0.3 is 0 Å². The standard InChI is InChI=1S/C14H20ClN/c1-11-6-4-5-9-14(11,16)10-12-7-2-3-8-13(12)15/h2-3,7-8,11H,4-6,9-10,16H2,1H3. The molecular formula is C14H20ClN. The van der Waals surface area contributed by atoms with E-state index < -0.39 is 0 Å². The van der Waals surface area contributed by atoms with Gasteiger partial charge in [0.2, 0.25) is 0 Å². The molecule has 0 aliphatic heterocycles. The van der Waals surface area contributed by atoms with Crippen molar-refractivity contribution in [1.29, 1.82) is 0 Å². The van der Waals surface area contributed by atoms with Crippen LogP contribution in [0.4, 0.5) is 0 Å². The van der Waals surface area contributed by atoms with Crippen molar-refractivity contribution in [3.63, 3.8) is 0 Å². The molecule has 1 aliphatic rings. The fourth-order valence-corrected chi connectivity index (χ4v) is 2.90. The van der Waals surface area contributed by atoms with E-state index in [0.29, 0.717) is 5.92 Å². The third-order valence-electron chi connectivity index (χ3n) is 3.99. The summed E-state index contributed by atoms with van der Waals surface area (Å²) in [4.78, 5) is 0. The zero-order valence-corrected chi connectivity index (χ0v) is 10.6. The molecule has 0 radical (unpaired) electrons. The Balaban J connectivity index is 2.16. The summed E-state index contributed by atoms with van der Waals surface area (Å²) in [5.41, 5.74) is 7.69. The van der Waals surface area contributed by atoms with Crippen LogP contribution in [0.3, 0.4) is 0 Å². The van der Waals surface area contributed by atoms with E-state index in [0.717, 1.165) is 17.9 Å². The van der Waals surface area contributed by atoms with Gasteiger partial charge in [-0.2, -0.15) is 0 Å². The highest BCUT2D eigenvalue weighted by Crippen LogP contribution is 2.35. The van der Waals surface area contributed by atoms with Crippen LogP contribution in [0.2, 0.25) is 5.02 Å². The first-order chi connectivity index (χ1) is 7.62. The van der Waals surface area contributed by atoms with Gasteiger partial charge in [0.15, 0.2) is 0 Å². The van der Waals surface area contributed by atoms with Gasteiger partial charge in [-0.05, 0) is 36.8 Å². The van der Waals surface area contributed by atoms with Crippen molar-refractivity contribution in [3.05, 3.63) is 34.9 Å². The maximum atomic E-state index is 6.54. The highest BCUT2D eigenvalue weighted by atomic mass is 35.5. The zero-order chi connectivity index (χ0) is 11.6. The second-order valence-electron chi connectivity index (χ2n) is 5.15. The molecule has 1 aromatic rings. The molecule has 0 amide bonds. The smallest absolute Gasteiger partial charge is 0.0438 e. The van der Waals surface area contributed by atoms with Gasteiger partial charge in [-0.25, -0.2) is 0 Å². The van der Waals surface area contributed by atoms with E-state index >= 15 is 0 Å². The monoisotopic (exact) mass is 237 g/mol. The third kappa shape index (κ3) is 2.41. The van der Waals surface area contributed by atoms with Crippen LogP contribution in [-0.4, -0.2) is 5.54 Å². The first-order valence-electron chi connectivity index (χ1n) is 6.14. The third-order valence-corrected chi connectivity index (χ3v) is 4.36. The van der Waals surface area contributed by atoms with Crippen molar-refractivity contribution in [2.75, 3.05) is 0 Å². The topological polar surface area (TPSA) is 26.0 Å². The lowest BCUT2D eigenvalue weighted by atomic mass is 9.71. The number of hydrogen-bond donors (Lipinski definition) is 1. The number of nitrogens with two attached hydrogens (primary N) is 1. The lowest BCUT2D eigenvalue weighted by molar-refractivity contribution is 0.204. The van der Waals surface area contributed by atoms with Gasteiger partial charge in [0.05, 0.1) is 0 Å². The zero-order valence-electron chi connectivity index (χ0n) is 9.88. The number of hydrogen-bond acceptors (Lipinski definition) is 1. The maximum Gasteiger partial charge on any atom is 0.0438 e. The Morgan fingerprint density at radius 3 is 2.81 bits per heavy atom. The van der Waals surface area contributed by atoms with Crippen LogP contribution in [-0.2, 0) is 6.42 Å². The first-order valence-corrected chi connectivity index (χ1v) is 6.52. The molecule has 2 heteroatoms. The number of benzene rings is 1. The average molecular weight is 238 g/mol. The van der Waals surface area contributed by atoms with Crippen LogP contribution < -0.4 is 5.73 Å². The van der Waals surface area contributed by atoms with E-state index in [4.69, 9.17) is 17.3 Å². The summed E-state index contributed by atoms with van der Waals surface area (Å²) in [7, 11) is 0. The van der Waals surface area contributed by atoms with Crippen molar-refractivity contribution in [1.82, 2.24) is 0 Å². The van der Waals surface area contributed by atoms with E-state index in [1.807, 2.05) is 18.2 Å². The van der Waals surface area contributed by atoms with E-state index in [1.54, 1.807) is 0 Å². The Morgan fingerprint density at radius 2 is 2.12 bits per heavy atom. The van der Waals surface area contributed by atoms with Crippen LogP contribution in [0.15, 0.2) is 24.3 Å². The van der Waals surface area contributed by atoms with E-state index in [1.165, 1.54) is 24.8 Å². The lowest BCUT2D eigenvalue weighted by Crippen LogP contribution is -2.50. The molecule has 16 heavy (non-hydrogen) atoms. The molecular weight excluding hydrogens is 218 g/mol. The molecule has 0 heterocycles. The molecule has 0 bridgehead atoms. The normalized spacial score (nSPS) is 30.3. The largest absolute Gasteiger partial charge is 0.325 e. The average Bonchev–Trinajstić information content (AvgIpc) is 2.26. The van der Waals surface area contributed by atoms with Gasteiger partial charge in [0.1, 0.15) is 0 Å². The van der Waals surface area contributed by atoms with Gasteiger partial charge in [0.25, 0.3) is 0 Å². The molecule has 1 aromatic carbocycles. The Bertz CT molecular complexity index is 364. The summed E-state index contributed by atoms with van der Waals surface area (Å²) >= 11 is 6.20. The van der Waals surface area contributed by atoms with Crippen LogP contribution in [0, 0.1) is 5.92 Å². The summed E-state index contributed by atoms with van der Waals surface area (Å²) in [6.07, 6.45) is 5.86. The second kappa shape index (κ2) is 4.77. The summed E-state index contributed by atoms with van der Waals surface area (Å²) in [6.45, 7) is 2.27. The molecule has 2 atom stereocenters. The van der Waals surface area contributed by atoms with Gasteiger partial charge in [-0.3, -0.25) is 0 Å². The molecule has 1 aliphatic carbocycles. The molecule has 1 fully saturated rings. The summed E-state index contributed by atoms with van der Waals surface area (Å²) < 4.78 is 0. The van der Waals surface area contributed by atoms with Crippen molar-refractivity contribution in [3.8, 4) is 0 Å². The van der Waals surface area contributed by atoms with Crippen molar-refractivity contribution >= 4 is 11.6 Å². The highest BCUT2D eigenvalue weighted by molar-refractivity contribution is 6.31. The fraction of sp³-hybridized carbons (Fsp3) is 0.571. The van der Waals surface area contributed by atoms with Crippen LogP contribution in [0.5, 0.6) is 0 Å². The molecule has 0 aromatic heterocycles. The second-order valence-corrected chi connectivity index (χ2v) is 5.56. The van der Waals surface area contributed by atoms with Crippen LogP contribution in [0.25, 0.3) is 0 Å². The van der Waals surface area contributed by atoms with Gasteiger partial charge in [-0.15, -0.1) is 0 Å². The van der Waals surface area contributed by atoms with Crippen molar-refractivity contribution in [2.24, 2.45) is 11.7 Å². The number of rotatable bonds is 2. The fourth-order valence-electron chi connectivity index (χ4n) is 2.70. The molecule has 2 rings (SSSR count). The van der Waals surface area contributed by atoms with Crippen LogP contribution >= 0.6 is 11.6 Å². The molecule has 88 valence electrons. The van der Waals surface area contributed by atoms with Crippen molar-refractivity contribution in [2.45, 2.75) is 44.6 Å². The summed E-state index contributed by atoms with van der Waals surface area (Å²) in [6, 6.07) is 8.06. The number of halogens is 1. The quantitative estimate of drug-likeness (QED) is 0.832. The minimum Gasteiger partial charge on any atom is -0.325 e. The molecule has 1 saturated carbocycles. The van der Waals surface area contributed by atoms with Gasteiger partial charge in [0, 0.05) is 10.6 Å². The minimum atomic E-state index is -0.0523. The Kier molecular flexibility index (Phi) is 3.56. The van der Waals surface area contributed by atoms with Crippen LogP contribution in [0.1, 0.15) is 38.2 Å². The molecule has 1 nitrogen and oxygen atoms in total. The van der Waals surface area contributed by atoms with Crippen molar-refractivity contribution < 1.29 is 0 Å². The Hall–Kier alpha value is -0.530. The molecule has 2 unspecified atom stereocenters. The molecule has 2 N–H and O–H groups in total. The van der Waals surface area contributed by atoms with E-state index in [2.05, 4.69) is 13.0 Å². The predicted molar refractivity (Wildman–Crippen MR) is 69.7 cm³/mol. The maximum absolute atomic E-state index is 6.54. The van der Waals surface area contributed by atoms with E-state index in [9.17, 15) is 0 Å². The summed E-state index contributed by atoms with van der Waals surface area (Å²) in [5.74, 6) is 0.595. The van der Waals surface area contributed by atoms with E-state index in [-0.39, 0.29) is 5.54 Å². The Morgan fingerprint density at radius 1 is 1.38 bits per heavy atom. The summed E-state index contributed by atoms with van der Waals surface area (Å²) in [5, 5.41) is 0.852. The predicted octanol–water partition coefficient (Wildman–Crippen LogP) is 3.79. The highest BCUT2D eigenvalue weighted by Gasteiger charge is 2.34. The Labute approximate surface area is 103 Å².